The molecule has 0 unspecified atom stereocenters. The molecule has 0 spiro atoms. The van der Waals surface area contributed by atoms with E-state index in [1.807, 2.05) is 0 Å². The number of carbonyl (C=O) groups is 1. The van der Waals surface area contributed by atoms with Crippen LogP contribution in [0.5, 0.6) is 0 Å². The molecule has 1 amide bonds. The van der Waals surface area contributed by atoms with Crippen LogP contribution in [0, 0.1) is 5.92 Å². The van der Waals surface area contributed by atoms with E-state index in [1.54, 1.807) is 0 Å². The SMILES string of the molecule is O=C(Cc1ccc(C(F)(F)F)cc1)N1CCC[C@H]2CCC[C@H](N3CCCC3)[C@H]21. The zero-order valence-electron chi connectivity index (χ0n) is 16.3. The summed E-state index contributed by atoms with van der Waals surface area (Å²) in [5, 5.41) is 0. The molecule has 0 N–H and O–H groups in total. The van der Waals surface area contributed by atoms with Gasteiger partial charge in [-0.3, -0.25) is 9.69 Å². The van der Waals surface area contributed by atoms with Gasteiger partial charge in [0.2, 0.25) is 5.91 Å². The summed E-state index contributed by atoms with van der Waals surface area (Å²) in [5.41, 5.74) is -0.00299. The van der Waals surface area contributed by atoms with Crippen LogP contribution in [0.1, 0.15) is 56.1 Å². The smallest absolute Gasteiger partial charge is 0.338 e. The molecule has 1 aromatic rings. The molecule has 28 heavy (non-hydrogen) atoms. The summed E-state index contributed by atoms with van der Waals surface area (Å²) < 4.78 is 38.3. The van der Waals surface area contributed by atoms with Crippen LogP contribution in [-0.4, -0.2) is 47.4 Å². The van der Waals surface area contributed by atoms with Crippen molar-refractivity contribution in [3.8, 4) is 0 Å². The molecule has 1 aromatic carbocycles. The third kappa shape index (κ3) is 4.07. The Balaban J connectivity index is 1.48. The van der Waals surface area contributed by atoms with Crippen molar-refractivity contribution in [3.05, 3.63) is 35.4 Å². The van der Waals surface area contributed by atoms with Crippen molar-refractivity contribution in [2.75, 3.05) is 19.6 Å². The first-order chi connectivity index (χ1) is 13.4. The lowest BCUT2D eigenvalue weighted by Gasteiger charge is -2.51. The summed E-state index contributed by atoms with van der Waals surface area (Å²) in [6.45, 7) is 3.05. The third-order valence-electron chi connectivity index (χ3n) is 6.85. The summed E-state index contributed by atoms with van der Waals surface area (Å²) in [6.07, 6.45) is 4.15. The van der Waals surface area contributed by atoms with Crippen LogP contribution in [0.3, 0.4) is 0 Å². The normalized spacial score (nSPS) is 29.0. The summed E-state index contributed by atoms with van der Waals surface area (Å²) in [6, 6.07) is 5.78. The zero-order chi connectivity index (χ0) is 19.7. The second-order valence-electron chi connectivity index (χ2n) is 8.59. The van der Waals surface area contributed by atoms with Crippen LogP contribution < -0.4 is 0 Å². The van der Waals surface area contributed by atoms with Crippen LogP contribution in [0.4, 0.5) is 13.2 Å². The minimum Gasteiger partial charge on any atom is -0.338 e. The zero-order valence-corrected chi connectivity index (χ0v) is 16.3. The predicted octanol–water partition coefficient (Wildman–Crippen LogP) is 4.50. The highest BCUT2D eigenvalue weighted by Crippen LogP contribution is 2.39. The highest BCUT2D eigenvalue weighted by atomic mass is 19.4. The molecule has 3 fully saturated rings. The number of benzene rings is 1. The van der Waals surface area contributed by atoms with E-state index < -0.39 is 11.7 Å². The number of hydrogen-bond acceptors (Lipinski definition) is 2. The highest BCUT2D eigenvalue weighted by Gasteiger charge is 2.44. The molecular formula is C22H29F3N2O. The quantitative estimate of drug-likeness (QED) is 0.753. The lowest BCUT2D eigenvalue weighted by molar-refractivity contribution is -0.139. The number of rotatable bonds is 3. The average Bonchev–Trinajstić information content (AvgIpc) is 3.21. The Labute approximate surface area is 164 Å². The number of piperidine rings is 1. The number of halogens is 3. The largest absolute Gasteiger partial charge is 0.416 e. The second-order valence-corrected chi connectivity index (χ2v) is 8.59. The number of carbonyl (C=O) groups excluding carboxylic acids is 1. The number of nitrogens with zero attached hydrogens (tertiary/aromatic N) is 2. The van der Waals surface area contributed by atoms with Gasteiger partial charge in [-0.2, -0.15) is 13.2 Å². The summed E-state index contributed by atoms with van der Waals surface area (Å²) in [4.78, 5) is 17.8. The molecule has 3 aliphatic rings. The van der Waals surface area contributed by atoms with E-state index in [-0.39, 0.29) is 18.4 Å². The van der Waals surface area contributed by atoms with Gasteiger partial charge in [0, 0.05) is 12.6 Å². The first-order valence-electron chi connectivity index (χ1n) is 10.6. The highest BCUT2D eigenvalue weighted by molar-refractivity contribution is 5.79. The van der Waals surface area contributed by atoms with E-state index >= 15 is 0 Å². The Bertz CT molecular complexity index is 680. The summed E-state index contributed by atoms with van der Waals surface area (Å²) in [5.74, 6) is 0.644. The minimum atomic E-state index is -4.34. The molecule has 154 valence electrons. The van der Waals surface area contributed by atoms with E-state index in [1.165, 1.54) is 44.2 Å². The lowest BCUT2D eigenvalue weighted by Crippen LogP contribution is -2.60. The number of likely N-dealkylation sites (tertiary alicyclic amines) is 2. The van der Waals surface area contributed by atoms with Gasteiger partial charge in [0.1, 0.15) is 0 Å². The van der Waals surface area contributed by atoms with Crippen molar-refractivity contribution < 1.29 is 18.0 Å². The molecule has 3 nitrogen and oxygen atoms in total. The van der Waals surface area contributed by atoms with Gasteiger partial charge >= 0.3 is 6.18 Å². The van der Waals surface area contributed by atoms with Crippen molar-refractivity contribution in [3.63, 3.8) is 0 Å². The van der Waals surface area contributed by atoms with Crippen molar-refractivity contribution in [1.82, 2.24) is 9.80 Å². The number of hydrogen-bond donors (Lipinski definition) is 0. The van der Waals surface area contributed by atoms with Crippen molar-refractivity contribution >= 4 is 5.91 Å². The molecule has 2 saturated heterocycles. The van der Waals surface area contributed by atoms with E-state index in [0.717, 1.165) is 44.6 Å². The van der Waals surface area contributed by atoms with Gasteiger partial charge in [-0.15, -0.1) is 0 Å². The molecular weight excluding hydrogens is 365 g/mol. The van der Waals surface area contributed by atoms with Gasteiger partial charge < -0.3 is 4.90 Å². The Morgan fingerprint density at radius 1 is 0.929 bits per heavy atom. The van der Waals surface area contributed by atoms with Crippen molar-refractivity contribution in [1.29, 1.82) is 0 Å². The van der Waals surface area contributed by atoms with Gasteiger partial charge in [0.25, 0.3) is 0 Å². The van der Waals surface area contributed by atoms with E-state index in [2.05, 4.69) is 9.80 Å². The molecule has 0 bridgehead atoms. The minimum absolute atomic E-state index is 0.0700. The summed E-state index contributed by atoms with van der Waals surface area (Å²) >= 11 is 0. The third-order valence-corrected chi connectivity index (χ3v) is 6.85. The lowest BCUT2D eigenvalue weighted by atomic mass is 9.74. The Hall–Kier alpha value is -1.56. The van der Waals surface area contributed by atoms with Gasteiger partial charge in [-0.1, -0.05) is 18.6 Å². The average molecular weight is 394 g/mol. The number of amides is 1. The molecule has 0 radical (unpaired) electrons. The standard InChI is InChI=1S/C22H29F3N2O/c23-22(24,25)18-10-8-16(9-11-18)15-20(28)27-14-4-6-17-5-3-7-19(21(17)27)26-12-1-2-13-26/h8-11,17,19,21H,1-7,12-15H2/t17-,19+,21+/m1/s1. The maximum Gasteiger partial charge on any atom is 0.416 e. The van der Waals surface area contributed by atoms with Crippen LogP contribution in [0.25, 0.3) is 0 Å². The maximum absolute atomic E-state index is 13.1. The Morgan fingerprint density at radius 3 is 2.29 bits per heavy atom. The van der Waals surface area contributed by atoms with Gasteiger partial charge in [-0.25, -0.2) is 0 Å². The summed E-state index contributed by atoms with van der Waals surface area (Å²) in [7, 11) is 0. The second kappa shape index (κ2) is 8.05. The van der Waals surface area contributed by atoms with Gasteiger partial charge in [0.15, 0.2) is 0 Å². The Kier molecular flexibility index (Phi) is 5.68. The van der Waals surface area contributed by atoms with Gasteiger partial charge in [0.05, 0.1) is 18.0 Å². The maximum atomic E-state index is 13.1. The van der Waals surface area contributed by atoms with E-state index in [4.69, 9.17) is 0 Å². The topological polar surface area (TPSA) is 23.6 Å². The first kappa shape index (κ1) is 19.7. The molecule has 1 aliphatic carbocycles. The van der Waals surface area contributed by atoms with Crippen molar-refractivity contribution in [2.45, 2.75) is 69.6 Å². The van der Waals surface area contributed by atoms with E-state index in [9.17, 15) is 18.0 Å². The first-order valence-corrected chi connectivity index (χ1v) is 10.6. The Morgan fingerprint density at radius 2 is 1.61 bits per heavy atom. The van der Waals surface area contributed by atoms with E-state index in [0.29, 0.717) is 17.5 Å². The van der Waals surface area contributed by atoms with Crippen LogP contribution >= 0.6 is 0 Å². The molecule has 4 rings (SSSR count). The fraction of sp³-hybridized carbons (Fsp3) is 0.682. The van der Waals surface area contributed by atoms with Crippen molar-refractivity contribution in [2.24, 2.45) is 5.92 Å². The monoisotopic (exact) mass is 394 g/mol. The fourth-order valence-corrected chi connectivity index (χ4v) is 5.55. The molecule has 2 heterocycles. The molecule has 0 aromatic heterocycles. The molecule has 2 aliphatic heterocycles. The molecule has 1 saturated carbocycles. The predicted molar refractivity (Wildman–Crippen MR) is 102 cm³/mol. The number of alkyl halides is 3. The molecule has 6 heteroatoms. The number of fused-ring (bicyclic) bond motifs is 1. The van der Waals surface area contributed by atoms with Crippen LogP contribution in [-0.2, 0) is 17.4 Å². The fourth-order valence-electron chi connectivity index (χ4n) is 5.55. The van der Waals surface area contributed by atoms with Crippen LogP contribution in [0.2, 0.25) is 0 Å². The van der Waals surface area contributed by atoms with Gasteiger partial charge in [-0.05, 0) is 75.2 Å². The molecule has 3 atom stereocenters. The van der Waals surface area contributed by atoms with Crippen LogP contribution in [0.15, 0.2) is 24.3 Å².